The smallest absolute Gasteiger partial charge is 0.221 e. The van der Waals surface area contributed by atoms with Crippen molar-refractivity contribution in [3.05, 3.63) is 35.5 Å². The Labute approximate surface area is 147 Å². The molecule has 4 rings (SSSR count). The van der Waals surface area contributed by atoms with E-state index in [0.717, 1.165) is 24.8 Å². The van der Waals surface area contributed by atoms with Gasteiger partial charge in [0.25, 0.3) is 0 Å². The van der Waals surface area contributed by atoms with Crippen LogP contribution >= 0.6 is 0 Å². The first kappa shape index (κ1) is 16.6. The summed E-state index contributed by atoms with van der Waals surface area (Å²) in [5, 5.41) is 11.1. The maximum Gasteiger partial charge on any atom is 0.221 e. The van der Waals surface area contributed by atoms with E-state index in [1.807, 2.05) is 19.1 Å². The van der Waals surface area contributed by atoms with Crippen LogP contribution in [0, 0.1) is 28.6 Å². The van der Waals surface area contributed by atoms with Crippen molar-refractivity contribution < 1.29 is 19.5 Å². The molecule has 4 nitrogen and oxygen atoms in total. The normalized spacial score (nSPS) is 45.0. The lowest BCUT2D eigenvalue weighted by molar-refractivity contribution is -0.130. The summed E-state index contributed by atoms with van der Waals surface area (Å²) < 4.78 is 0. The average molecular weight is 340 g/mol. The van der Waals surface area contributed by atoms with Crippen LogP contribution in [0.3, 0.4) is 0 Å². The molecule has 2 fully saturated rings. The second kappa shape index (κ2) is 5.34. The van der Waals surface area contributed by atoms with Crippen LogP contribution in [0.2, 0.25) is 0 Å². The molecule has 0 spiro atoms. The number of carbonyl (C=O) groups is 3. The minimum Gasteiger partial charge on any atom is -0.393 e. The molecule has 0 aromatic rings. The maximum absolute atomic E-state index is 12.1. The van der Waals surface area contributed by atoms with Crippen molar-refractivity contribution in [3.8, 4) is 0 Å². The van der Waals surface area contributed by atoms with E-state index in [0.29, 0.717) is 18.3 Å². The number of aldehydes is 1. The first-order valence-corrected chi connectivity index (χ1v) is 9.13. The Kier molecular flexibility index (Phi) is 3.56. The van der Waals surface area contributed by atoms with Crippen molar-refractivity contribution in [3.63, 3.8) is 0 Å². The summed E-state index contributed by atoms with van der Waals surface area (Å²) >= 11 is 0. The van der Waals surface area contributed by atoms with Gasteiger partial charge in [0.05, 0.1) is 6.10 Å². The van der Waals surface area contributed by atoms with Crippen LogP contribution in [0.5, 0.6) is 0 Å². The summed E-state index contributed by atoms with van der Waals surface area (Å²) in [5.41, 5.74) is 0.990. The van der Waals surface area contributed by atoms with Gasteiger partial charge >= 0.3 is 0 Å². The summed E-state index contributed by atoms with van der Waals surface area (Å²) in [6.07, 6.45) is 10.2. The topological polar surface area (TPSA) is 71.4 Å². The highest BCUT2D eigenvalue weighted by molar-refractivity contribution is 6.33. The fourth-order valence-corrected chi connectivity index (χ4v) is 6.34. The molecule has 0 unspecified atom stereocenters. The maximum atomic E-state index is 12.1. The summed E-state index contributed by atoms with van der Waals surface area (Å²) in [4.78, 5) is 34.9. The molecule has 0 bridgehead atoms. The van der Waals surface area contributed by atoms with Crippen LogP contribution in [-0.4, -0.2) is 29.1 Å². The number of Topliss-reactive ketones (excluding diaryl/α,β-unsaturated/α-hetero) is 1. The Morgan fingerprint density at radius 1 is 1.36 bits per heavy atom. The molecule has 0 saturated heterocycles. The molecule has 0 aromatic heterocycles. The predicted molar refractivity (Wildman–Crippen MR) is 92.5 cm³/mol. The molecular weight excluding hydrogens is 316 g/mol. The van der Waals surface area contributed by atoms with Gasteiger partial charge in [-0.3, -0.25) is 14.4 Å². The number of hydrogen-bond acceptors (Lipinski definition) is 4. The van der Waals surface area contributed by atoms with Crippen LogP contribution < -0.4 is 0 Å². The van der Waals surface area contributed by atoms with Crippen molar-refractivity contribution in [1.82, 2.24) is 0 Å². The highest BCUT2D eigenvalue weighted by atomic mass is 16.3. The molecule has 0 aliphatic heterocycles. The van der Waals surface area contributed by atoms with E-state index in [1.165, 1.54) is 0 Å². The summed E-state index contributed by atoms with van der Waals surface area (Å²) in [6, 6.07) is 0. The van der Waals surface area contributed by atoms with Gasteiger partial charge in [0, 0.05) is 22.3 Å². The van der Waals surface area contributed by atoms with Crippen molar-refractivity contribution in [2.75, 3.05) is 0 Å². The second-order valence-corrected chi connectivity index (χ2v) is 8.55. The van der Waals surface area contributed by atoms with Crippen LogP contribution in [0.25, 0.3) is 0 Å². The van der Waals surface area contributed by atoms with Gasteiger partial charge < -0.3 is 5.11 Å². The largest absolute Gasteiger partial charge is 0.393 e. The van der Waals surface area contributed by atoms with Gasteiger partial charge in [-0.05, 0) is 49.7 Å². The first-order valence-electron chi connectivity index (χ1n) is 9.13. The fraction of sp³-hybridized carbons (Fsp3) is 0.571. The molecule has 0 radical (unpaired) electrons. The summed E-state index contributed by atoms with van der Waals surface area (Å²) in [7, 11) is 0. The fourth-order valence-electron chi connectivity index (χ4n) is 6.34. The van der Waals surface area contributed by atoms with E-state index in [2.05, 4.69) is 6.92 Å². The monoisotopic (exact) mass is 340 g/mol. The third kappa shape index (κ3) is 2.13. The van der Waals surface area contributed by atoms with E-state index < -0.39 is 17.3 Å². The Morgan fingerprint density at radius 2 is 2.12 bits per heavy atom. The molecule has 1 N–H and O–H groups in total. The lowest BCUT2D eigenvalue weighted by Gasteiger charge is -2.58. The molecule has 4 aliphatic rings. The Bertz CT molecular complexity index is 758. The van der Waals surface area contributed by atoms with Gasteiger partial charge in [0.2, 0.25) is 5.78 Å². The molecular formula is C21H24O4. The van der Waals surface area contributed by atoms with Gasteiger partial charge in [-0.25, -0.2) is 0 Å². The summed E-state index contributed by atoms with van der Waals surface area (Å²) in [6.45, 7) is 4.16. The Morgan fingerprint density at radius 3 is 2.84 bits per heavy atom. The molecule has 6 atom stereocenters. The predicted octanol–water partition coefficient (Wildman–Crippen LogP) is 2.57. The Hall–Kier alpha value is -1.81. The van der Waals surface area contributed by atoms with E-state index in [-0.39, 0.29) is 29.0 Å². The van der Waals surface area contributed by atoms with E-state index in [4.69, 9.17) is 0 Å². The third-order valence-corrected chi connectivity index (χ3v) is 7.45. The zero-order valence-corrected chi connectivity index (χ0v) is 14.7. The minimum absolute atomic E-state index is 0.0301. The van der Waals surface area contributed by atoms with Crippen molar-refractivity contribution in [2.45, 2.75) is 45.6 Å². The van der Waals surface area contributed by atoms with Crippen molar-refractivity contribution in [2.24, 2.45) is 28.6 Å². The number of aliphatic hydroxyl groups excluding tert-OH is 1. The third-order valence-electron chi connectivity index (χ3n) is 7.45. The summed E-state index contributed by atoms with van der Waals surface area (Å²) in [5.74, 6) is 0.184. The molecule has 0 heterocycles. The molecule has 0 amide bonds. The molecule has 132 valence electrons. The number of carbonyl (C=O) groups excluding carboxylic acids is 3. The zero-order chi connectivity index (χ0) is 18.0. The van der Waals surface area contributed by atoms with Crippen LogP contribution in [-0.2, 0) is 14.4 Å². The SMILES string of the molecule is C[C@]12C=CC(=O)C=C1CC[C@@H]1[C@@H]2[C@@H](O)C[C@]2(C)C(C(=O)C=O)=CC[C@@H]12. The number of rotatable bonds is 2. The molecule has 4 heteroatoms. The van der Waals surface area contributed by atoms with Gasteiger partial charge in [-0.15, -0.1) is 0 Å². The molecule has 2 saturated carbocycles. The minimum atomic E-state index is -0.557. The van der Waals surface area contributed by atoms with Gasteiger partial charge in [-0.2, -0.15) is 0 Å². The number of aliphatic hydroxyl groups is 1. The van der Waals surface area contributed by atoms with Gasteiger partial charge in [-0.1, -0.05) is 31.6 Å². The van der Waals surface area contributed by atoms with E-state index >= 15 is 0 Å². The quantitative estimate of drug-likeness (QED) is 0.619. The van der Waals surface area contributed by atoms with Crippen molar-refractivity contribution in [1.29, 1.82) is 0 Å². The second-order valence-electron chi connectivity index (χ2n) is 8.55. The number of allylic oxidation sites excluding steroid dienone is 6. The van der Waals surface area contributed by atoms with Crippen LogP contribution in [0.15, 0.2) is 35.5 Å². The average Bonchev–Trinajstić information content (AvgIpc) is 2.91. The van der Waals surface area contributed by atoms with E-state index in [9.17, 15) is 19.5 Å². The standard InChI is InChI=1S/C21H24O4/c1-20-8-7-13(23)9-12(20)3-4-14-15-5-6-16(18(25)11-22)21(15,2)10-17(24)19(14)20/h6-9,11,14-15,17,19,24H,3-5,10H2,1-2H3/t14-,15-,17-,19+,20-,21-/m0/s1. The zero-order valence-electron chi connectivity index (χ0n) is 14.7. The lowest BCUT2D eigenvalue weighted by atomic mass is 9.47. The number of ketones is 2. The van der Waals surface area contributed by atoms with Crippen molar-refractivity contribution >= 4 is 17.9 Å². The highest BCUT2D eigenvalue weighted by Gasteiger charge is 2.60. The van der Waals surface area contributed by atoms with E-state index in [1.54, 1.807) is 12.2 Å². The highest BCUT2D eigenvalue weighted by Crippen LogP contribution is 2.64. The first-order chi connectivity index (χ1) is 11.8. The number of hydrogen-bond donors (Lipinski definition) is 1. The van der Waals surface area contributed by atoms with Gasteiger partial charge in [0.15, 0.2) is 12.1 Å². The van der Waals surface area contributed by atoms with Gasteiger partial charge in [0.1, 0.15) is 0 Å². The van der Waals surface area contributed by atoms with Crippen LogP contribution in [0.1, 0.15) is 39.5 Å². The van der Waals surface area contributed by atoms with Crippen LogP contribution in [0.4, 0.5) is 0 Å². The molecule has 0 aromatic carbocycles. The molecule has 4 aliphatic carbocycles. The Balaban J connectivity index is 1.73. The lowest BCUT2D eigenvalue weighted by Crippen LogP contribution is -2.55. The number of fused-ring (bicyclic) bond motifs is 5. The molecule has 25 heavy (non-hydrogen) atoms.